The molecule has 0 saturated carbocycles. The first-order valence-electron chi connectivity index (χ1n) is 5.97. The monoisotopic (exact) mass is 202 g/mol. The van der Waals surface area contributed by atoms with Crippen LogP contribution in [0.25, 0.3) is 0 Å². The number of hydrogen-bond donors (Lipinski definition) is 0. The van der Waals surface area contributed by atoms with Crippen LogP contribution in [0.2, 0.25) is 0 Å². The lowest BCUT2D eigenvalue weighted by Gasteiger charge is -2.34. The van der Waals surface area contributed by atoms with E-state index in [0.717, 1.165) is 5.92 Å². The Balaban J connectivity index is 1.94. The van der Waals surface area contributed by atoms with Gasteiger partial charge in [-0.25, -0.2) is 0 Å². The number of likely N-dealkylation sites (tertiary alicyclic amines) is 1. The number of hydrogen-bond acceptors (Lipinski definition) is 1. The lowest BCUT2D eigenvalue weighted by molar-refractivity contribution is 0.172. The maximum atomic E-state index is 3.09. The summed E-state index contributed by atoms with van der Waals surface area (Å²) in [5.74, 6) is 0.773. The van der Waals surface area contributed by atoms with Gasteiger partial charge >= 0.3 is 0 Å². The van der Waals surface area contributed by atoms with Gasteiger partial charge in [0, 0.05) is 6.04 Å². The molecule has 0 spiro atoms. The molecule has 0 amide bonds. The topological polar surface area (TPSA) is 3.24 Å². The van der Waals surface area contributed by atoms with Crippen molar-refractivity contribution in [1.29, 1.82) is 0 Å². The van der Waals surface area contributed by atoms with E-state index in [2.05, 4.69) is 36.9 Å². The van der Waals surface area contributed by atoms with Crippen LogP contribution >= 0.6 is 0 Å². The third-order valence-electron chi connectivity index (χ3n) is 3.48. The highest BCUT2D eigenvalue weighted by atomic mass is 15.1. The van der Waals surface area contributed by atoms with Crippen LogP contribution in [0.3, 0.4) is 0 Å². The molecule has 1 saturated heterocycles. The third-order valence-corrected chi connectivity index (χ3v) is 3.48. The average molecular weight is 202 g/mol. The molecular weight excluding hydrogens is 182 g/mol. The van der Waals surface area contributed by atoms with Crippen LogP contribution in [0, 0.1) is 6.07 Å². The second kappa shape index (κ2) is 4.80. The van der Waals surface area contributed by atoms with Crippen LogP contribution in [0.5, 0.6) is 0 Å². The Morgan fingerprint density at radius 3 is 2.33 bits per heavy atom. The van der Waals surface area contributed by atoms with Gasteiger partial charge in [0.15, 0.2) is 0 Å². The van der Waals surface area contributed by atoms with Gasteiger partial charge in [-0.3, -0.25) is 0 Å². The van der Waals surface area contributed by atoms with Crippen molar-refractivity contribution >= 4 is 0 Å². The Morgan fingerprint density at radius 1 is 1.20 bits per heavy atom. The molecular formula is C14H20N. The molecule has 1 heteroatoms. The van der Waals surface area contributed by atoms with Crippen LogP contribution in [0.1, 0.15) is 38.2 Å². The quantitative estimate of drug-likeness (QED) is 0.712. The molecule has 81 valence electrons. The molecule has 2 rings (SSSR count). The molecule has 1 heterocycles. The molecule has 1 aromatic rings. The summed E-state index contributed by atoms with van der Waals surface area (Å²) in [6.07, 6.45) is 2.62. The fraction of sp³-hybridized carbons (Fsp3) is 0.571. The Morgan fingerprint density at radius 2 is 1.80 bits per heavy atom. The fourth-order valence-electron chi connectivity index (χ4n) is 2.42. The highest BCUT2D eigenvalue weighted by molar-refractivity contribution is 5.19. The first-order chi connectivity index (χ1) is 7.27. The third kappa shape index (κ3) is 2.60. The molecule has 0 bridgehead atoms. The zero-order valence-electron chi connectivity index (χ0n) is 9.74. The minimum absolute atomic E-state index is 0.704. The van der Waals surface area contributed by atoms with Crippen molar-refractivity contribution in [2.45, 2.75) is 38.6 Å². The zero-order valence-corrected chi connectivity index (χ0v) is 9.74. The highest BCUT2D eigenvalue weighted by Gasteiger charge is 2.21. The molecule has 0 unspecified atom stereocenters. The van der Waals surface area contributed by atoms with Crippen LogP contribution < -0.4 is 0 Å². The Bertz CT molecular complexity index is 283. The molecule has 1 aliphatic heterocycles. The van der Waals surface area contributed by atoms with Gasteiger partial charge in [-0.15, -0.1) is 0 Å². The molecule has 15 heavy (non-hydrogen) atoms. The predicted molar refractivity (Wildman–Crippen MR) is 64.0 cm³/mol. The minimum atomic E-state index is 0.704. The fourth-order valence-corrected chi connectivity index (χ4v) is 2.42. The first-order valence-corrected chi connectivity index (χ1v) is 5.97. The summed E-state index contributed by atoms with van der Waals surface area (Å²) >= 11 is 0. The van der Waals surface area contributed by atoms with Crippen LogP contribution in [-0.4, -0.2) is 24.0 Å². The number of benzene rings is 1. The summed E-state index contributed by atoms with van der Waals surface area (Å²) in [6.45, 7) is 7.08. The molecule has 1 aromatic carbocycles. The summed E-state index contributed by atoms with van der Waals surface area (Å²) in [4.78, 5) is 2.57. The van der Waals surface area contributed by atoms with Crippen LogP contribution in [0.4, 0.5) is 0 Å². The van der Waals surface area contributed by atoms with E-state index in [0.29, 0.717) is 6.04 Å². The summed E-state index contributed by atoms with van der Waals surface area (Å²) in [6, 6.07) is 12.3. The Kier molecular flexibility index (Phi) is 3.42. The zero-order chi connectivity index (χ0) is 10.7. The van der Waals surface area contributed by atoms with Crippen molar-refractivity contribution in [2.24, 2.45) is 0 Å². The van der Waals surface area contributed by atoms with Crippen molar-refractivity contribution in [1.82, 2.24) is 4.90 Å². The smallest absolute Gasteiger partial charge is 0.00385 e. The summed E-state index contributed by atoms with van der Waals surface area (Å²) < 4.78 is 0. The second-order valence-electron chi connectivity index (χ2n) is 4.74. The summed E-state index contributed by atoms with van der Waals surface area (Å²) in [7, 11) is 0. The van der Waals surface area contributed by atoms with Gasteiger partial charge in [0.05, 0.1) is 0 Å². The molecule has 1 aliphatic rings. The van der Waals surface area contributed by atoms with Crippen molar-refractivity contribution in [3.05, 3.63) is 35.9 Å². The van der Waals surface area contributed by atoms with E-state index in [1.54, 1.807) is 0 Å². The number of rotatable bonds is 2. The average Bonchev–Trinajstić information content (AvgIpc) is 2.30. The SMILES string of the molecule is CC(C)N1CCC(c2cc[c]cc2)CC1. The molecule has 0 aliphatic carbocycles. The Labute approximate surface area is 93.1 Å². The van der Waals surface area contributed by atoms with E-state index >= 15 is 0 Å². The van der Waals surface area contributed by atoms with E-state index in [4.69, 9.17) is 0 Å². The van der Waals surface area contributed by atoms with E-state index in [9.17, 15) is 0 Å². The largest absolute Gasteiger partial charge is 0.301 e. The highest BCUT2D eigenvalue weighted by Crippen LogP contribution is 2.28. The standard InChI is InChI=1S/C14H20N/c1-12(2)15-10-8-14(9-11-15)13-6-4-3-5-7-13/h4-7,12,14H,8-11H2,1-2H3. The van der Waals surface area contributed by atoms with E-state index in [-0.39, 0.29) is 0 Å². The lowest BCUT2D eigenvalue weighted by Crippen LogP contribution is -2.37. The minimum Gasteiger partial charge on any atom is -0.301 e. The van der Waals surface area contributed by atoms with Crippen molar-refractivity contribution < 1.29 is 0 Å². The molecule has 0 N–H and O–H groups in total. The number of nitrogens with zero attached hydrogens (tertiary/aromatic N) is 1. The lowest BCUT2D eigenvalue weighted by atomic mass is 9.89. The maximum Gasteiger partial charge on any atom is 0.00385 e. The van der Waals surface area contributed by atoms with Gasteiger partial charge < -0.3 is 4.90 Å². The van der Waals surface area contributed by atoms with Gasteiger partial charge in [-0.05, 0) is 57.3 Å². The van der Waals surface area contributed by atoms with E-state index in [1.165, 1.54) is 31.5 Å². The first kappa shape index (κ1) is 10.7. The van der Waals surface area contributed by atoms with Gasteiger partial charge in [-0.2, -0.15) is 0 Å². The van der Waals surface area contributed by atoms with Crippen molar-refractivity contribution in [2.75, 3.05) is 13.1 Å². The predicted octanol–water partition coefficient (Wildman–Crippen LogP) is 3.07. The molecule has 0 atom stereocenters. The van der Waals surface area contributed by atoms with Crippen molar-refractivity contribution in [3.8, 4) is 0 Å². The van der Waals surface area contributed by atoms with Gasteiger partial charge in [0.1, 0.15) is 0 Å². The van der Waals surface area contributed by atoms with E-state index in [1.807, 2.05) is 12.1 Å². The van der Waals surface area contributed by atoms with Crippen LogP contribution in [0.15, 0.2) is 24.3 Å². The van der Waals surface area contributed by atoms with Gasteiger partial charge in [0.2, 0.25) is 0 Å². The van der Waals surface area contributed by atoms with E-state index < -0.39 is 0 Å². The number of piperidine rings is 1. The molecule has 1 nitrogen and oxygen atoms in total. The second-order valence-corrected chi connectivity index (χ2v) is 4.74. The normalized spacial score (nSPS) is 19.7. The maximum absolute atomic E-state index is 3.09. The van der Waals surface area contributed by atoms with Gasteiger partial charge in [-0.1, -0.05) is 24.3 Å². The van der Waals surface area contributed by atoms with Crippen LogP contribution in [-0.2, 0) is 0 Å². The molecule has 1 fully saturated rings. The van der Waals surface area contributed by atoms with Crippen molar-refractivity contribution in [3.63, 3.8) is 0 Å². The summed E-state index contributed by atoms with van der Waals surface area (Å²) in [5, 5.41) is 0. The summed E-state index contributed by atoms with van der Waals surface area (Å²) in [5.41, 5.74) is 1.50. The van der Waals surface area contributed by atoms with Gasteiger partial charge in [0.25, 0.3) is 0 Å². The Hall–Kier alpha value is -0.820. The molecule has 1 radical (unpaired) electrons. The molecule has 0 aromatic heterocycles.